The number of benzene rings is 1. The summed E-state index contributed by atoms with van der Waals surface area (Å²) in [6.07, 6.45) is -4.35. The fourth-order valence-corrected chi connectivity index (χ4v) is 3.19. The van der Waals surface area contributed by atoms with Gasteiger partial charge in [-0.05, 0) is 36.2 Å². The van der Waals surface area contributed by atoms with Gasteiger partial charge in [-0.25, -0.2) is 4.98 Å². The molecule has 3 rings (SSSR count). The molecule has 0 saturated heterocycles. The van der Waals surface area contributed by atoms with Crippen molar-refractivity contribution >= 4 is 28.7 Å². The van der Waals surface area contributed by atoms with Crippen LogP contribution in [-0.2, 0) is 11.9 Å². The second kappa shape index (κ2) is 5.73. The van der Waals surface area contributed by atoms with Gasteiger partial charge in [-0.2, -0.15) is 23.5 Å². The van der Waals surface area contributed by atoms with Gasteiger partial charge >= 0.3 is 6.18 Å². The molecule has 5 nitrogen and oxygen atoms in total. The summed E-state index contributed by atoms with van der Waals surface area (Å²) in [6, 6.07) is 5.38. The van der Waals surface area contributed by atoms with Gasteiger partial charge in [0.1, 0.15) is 11.3 Å². The lowest BCUT2D eigenvalue weighted by molar-refractivity contribution is -0.137. The van der Waals surface area contributed by atoms with E-state index in [9.17, 15) is 13.2 Å². The number of alkyl halides is 3. The number of aromatic nitrogens is 4. The zero-order valence-electron chi connectivity index (χ0n) is 12.0. The van der Waals surface area contributed by atoms with E-state index in [1.165, 1.54) is 23.9 Å². The molecule has 2 heterocycles. The van der Waals surface area contributed by atoms with Gasteiger partial charge in [0, 0.05) is 10.6 Å². The first-order valence-corrected chi connectivity index (χ1v) is 7.59. The minimum absolute atomic E-state index is 0.287. The van der Waals surface area contributed by atoms with E-state index < -0.39 is 11.7 Å². The Kier molecular flexibility index (Phi) is 3.88. The summed E-state index contributed by atoms with van der Waals surface area (Å²) < 4.78 is 38.5. The van der Waals surface area contributed by atoms with Gasteiger partial charge in [0.25, 0.3) is 0 Å². The van der Waals surface area contributed by atoms with Crippen LogP contribution in [0.3, 0.4) is 0 Å². The van der Waals surface area contributed by atoms with Crippen LogP contribution in [0.5, 0.6) is 0 Å². The minimum atomic E-state index is -4.35. The van der Waals surface area contributed by atoms with Crippen molar-refractivity contribution in [1.82, 2.24) is 20.4 Å². The van der Waals surface area contributed by atoms with Crippen LogP contribution in [0, 0.1) is 6.92 Å². The SMILES string of the molecule is Cc1ccc(C(F)(F)F)cc1CSc1cc(N)nc2n[nH]nc12. The summed E-state index contributed by atoms with van der Waals surface area (Å²) in [5, 5.41) is 10.3. The Hall–Kier alpha value is -2.29. The molecule has 3 aromatic rings. The number of nitrogens with zero attached hydrogens (tertiary/aromatic N) is 3. The maximum absolute atomic E-state index is 12.8. The molecule has 2 aromatic heterocycles. The summed E-state index contributed by atoms with van der Waals surface area (Å²) in [6.45, 7) is 1.78. The largest absolute Gasteiger partial charge is 0.416 e. The summed E-state index contributed by atoms with van der Waals surface area (Å²) in [4.78, 5) is 4.75. The molecule has 9 heteroatoms. The fourth-order valence-electron chi connectivity index (χ4n) is 2.09. The molecule has 1 aromatic carbocycles. The van der Waals surface area contributed by atoms with E-state index in [0.29, 0.717) is 22.5 Å². The number of pyridine rings is 1. The number of H-pyrrole nitrogens is 1. The lowest BCUT2D eigenvalue weighted by Gasteiger charge is -2.11. The highest BCUT2D eigenvalue weighted by atomic mass is 32.2. The number of hydrogen-bond donors (Lipinski definition) is 2. The van der Waals surface area contributed by atoms with Gasteiger partial charge in [-0.15, -0.1) is 16.9 Å². The van der Waals surface area contributed by atoms with E-state index in [1.54, 1.807) is 13.0 Å². The number of anilines is 1. The molecule has 3 N–H and O–H groups in total. The number of fused-ring (bicyclic) bond motifs is 1. The highest BCUT2D eigenvalue weighted by Gasteiger charge is 2.30. The first-order valence-electron chi connectivity index (χ1n) is 6.61. The predicted octanol–water partition coefficient (Wildman–Crippen LogP) is 3.55. The van der Waals surface area contributed by atoms with Crippen LogP contribution in [0.2, 0.25) is 0 Å². The second-order valence-electron chi connectivity index (χ2n) is 4.97. The standard InChI is InChI=1S/C14H12F3N5S/c1-7-2-3-9(14(15,16)17)4-8(7)6-23-10-5-11(18)19-13-12(10)20-22-21-13/h2-5H,6H2,1H3,(H3,18,19,20,21,22). The predicted molar refractivity (Wildman–Crippen MR) is 81.8 cm³/mol. The molecule has 0 fully saturated rings. The highest BCUT2D eigenvalue weighted by Crippen LogP contribution is 2.34. The van der Waals surface area contributed by atoms with Crippen LogP contribution >= 0.6 is 11.8 Å². The van der Waals surface area contributed by atoms with E-state index in [2.05, 4.69) is 20.4 Å². The molecule has 0 radical (unpaired) electrons. The Morgan fingerprint density at radius 1 is 1.22 bits per heavy atom. The normalized spacial score (nSPS) is 12.0. The number of aryl methyl sites for hydroxylation is 1. The van der Waals surface area contributed by atoms with Crippen LogP contribution in [0.4, 0.5) is 19.0 Å². The van der Waals surface area contributed by atoms with Crippen LogP contribution in [-0.4, -0.2) is 20.4 Å². The van der Waals surface area contributed by atoms with E-state index >= 15 is 0 Å². The average Bonchev–Trinajstić information content (AvgIpc) is 2.93. The van der Waals surface area contributed by atoms with Crippen molar-refractivity contribution in [3.63, 3.8) is 0 Å². The Balaban J connectivity index is 1.89. The molecule has 0 spiro atoms. The molecular weight excluding hydrogens is 327 g/mol. The molecule has 120 valence electrons. The number of nitrogens with two attached hydrogens (primary N) is 1. The fraction of sp³-hybridized carbons (Fsp3) is 0.214. The maximum atomic E-state index is 12.8. The molecule has 0 bridgehead atoms. The lowest BCUT2D eigenvalue weighted by Crippen LogP contribution is -2.05. The third-order valence-electron chi connectivity index (χ3n) is 3.34. The first kappa shape index (κ1) is 15.6. The molecular formula is C14H12F3N5S. The molecule has 0 aliphatic carbocycles. The van der Waals surface area contributed by atoms with Crippen molar-refractivity contribution < 1.29 is 13.2 Å². The number of aromatic amines is 1. The van der Waals surface area contributed by atoms with Crippen LogP contribution in [0.15, 0.2) is 29.2 Å². The monoisotopic (exact) mass is 339 g/mol. The maximum Gasteiger partial charge on any atom is 0.416 e. The third kappa shape index (κ3) is 3.24. The number of thioether (sulfide) groups is 1. The number of hydrogen-bond acceptors (Lipinski definition) is 5. The van der Waals surface area contributed by atoms with Gasteiger partial charge in [0.05, 0.1) is 5.56 Å². The van der Waals surface area contributed by atoms with Gasteiger partial charge in [-0.3, -0.25) is 0 Å². The van der Waals surface area contributed by atoms with Crippen molar-refractivity contribution in [2.45, 2.75) is 23.7 Å². The van der Waals surface area contributed by atoms with E-state index in [4.69, 9.17) is 5.73 Å². The number of nitrogens with one attached hydrogen (secondary N) is 1. The first-order chi connectivity index (χ1) is 10.8. The Labute approximate surface area is 133 Å². The molecule has 0 atom stereocenters. The Morgan fingerprint density at radius 3 is 2.74 bits per heavy atom. The van der Waals surface area contributed by atoms with Crippen molar-refractivity contribution in [3.8, 4) is 0 Å². The van der Waals surface area contributed by atoms with Crippen molar-refractivity contribution in [2.75, 3.05) is 5.73 Å². The van der Waals surface area contributed by atoms with Gasteiger partial charge in [0.2, 0.25) is 5.65 Å². The van der Waals surface area contributed by atoms with Gasteiger partial charge < -0.3 is 5.73 Å². The minimum Gasteiger partial charge on any atom is -0.384 e. The Bertz CT molecular complexity index is 859. The van der Waals surface area contributed by atoms with Crippen LogP contribution in [0.25, 0.3) is 11.2 Å². The number of nitrogen functional groups attached to an aromatic ring is 1. The summed E-state index contributed by atoms with van der Waals surface area (Å²) >= 11 is 1.35. The Morgan fingerprint density at radius 2 is 2.00 bits per heavy atom. The van der Waals surface area contributed by atoms with Gasteiger partial charge in [0.15, 0.2) is 0 Å². The summed E-state index contributed by atoms with van der Waals surface area (Å²) in [7, 11) is 0. The highest BCUT2D eigenvalue weighted by molar-refractivity contribution is 7.98. The zero-order valence-corrected chi connectivity index (χ0v) is 12.8. The van der Waals surface area contributed by atoms with Crippen molar-refractivity contribution in [1.29, 1.82) is 0 Å². The average molecular weight is 339 g/mol. The third-order valence-corrected chi connectivity index (χ3v) is 4.41. The van der Waals surface area contributed by atoms with Crippen molar-refractivity contribution in [2.24, 2.45) is 0 Å². The molecule has 23 heavy (non-hydrogen) atoms. The van der Waals surface area contributed by atoms with E-state index in [-0.39, 0.29) is 5.82 Å². The quantitative estimate of drug-likeness (QED) is 0.713. The number of rotatable bonds is 3. The molecule has 0 aliphatic rings. The van der Waals surface area contributed by atoms with Gasteiger partial charge in [-0.1, -0.05) is 6.07 Å². The second-order valence-corrected chi connectivity index (χ2v) is 5.99. The number of halogens is 3. The molecule has 0 amide bonds. The lowest BCUT2D eigenvalue weighted by atomic mass is 10.1. The molecule has 0 unspecified atom stereocenters. The van der Waals surface area contributed by atoms with Crippen molar-refractivity contribution in [3.05, 3.63) is 41.0 Å². The zero-order chi connectivity index (χ0) is 16.6. The summed E-state index contributed by atoms with van der Waals surface area (Å²) in [5.41, 5.74) is 7.39. The topological polar surface area (TPSA) is 80.5 Å². The summed E-state index contributed by atoms with van der Waals surface area (Å²) in [5.74, 6) is 0.649. The van der Waals surface area contributed by atoms with Crippen LogP contribution in [0.1, 0.15) is 16.7 Å². The molecule has 0 aliphatic heterocycles. The van der Waals surface area contributed by atoms with E-state index in [0.717, 1.165) is 16.5 Å². The molecule has 0 saturated carbocycles. The smallest absolute Gasteiger partial charge is 0.384 e. The van der Waals surface area contributed by atoms with Crippen LogP contribution < -0.4 is 5.73 Å². The van der Waals surface area contributed by atoms with E-state index in [1.807, 2.05) is 0 Å².